The number of Topliss-reactive ketones (excluding diaryl/α,β-unsaturated/α-hetero) is 1. The fourth-order valence-corrected chi connectivity index (χ4v) is 4.73. The smallest absolute Gasteiger partial charge is 0.159 e. The molecule has 2 saturated heterocycles. The number of carbonyl (C=O) groups excluding carboxylic acids is 1. The number of rotatable bonds is 0. The molecular weight excluding hydrogens is 244 g/mol. The highest BCUT2D eigenvalue weighted by atomic mass is 16.6. The molecule has 0 amide bonds. The summed E-state index contributed by atoms with van der Waals surface area (Å²) in [4.78, 5) is 12.2. The van der Waals surface area contributed by atoms with Crippen molar-refractivity contribution in [2.24, 2.45) is 10.8 Å². The fourth-order valence-electron chi connectivity index (χ4n) is 4.73. The van der Waals surface area contributed by atoms with Gasteiger partial charge in [0, 0.05) is 17.3 Å². The summed E-state index contributed by atoms with van der Waals surface area (Å²) in [5.41, 5.74) is -0.0575. The molecule has 4 heteroatoms. The van der Waals surface area contributed by atoms with Gasteiger partial charge in [0.1, 0.15) is 11.7 Å². The average Bonchev–Trinajstić information content (AvgIpc) is 3.08. The standard InChI is InChI=1S/C15H20O4/c1-8-4-11-13(2,5-9(8)16)14(3)6-10(17)12(19-11)15(14)7-18-15/h4,10-12,17H,5-7H2,1-3H3/t10-,11-,12-,13+,14-,15+/m1/s1. The third-order valence-corrected chi connectivity index (χ3v) is 6.37. The topological polar surface area (TPSA) is 59.1 Å². The van der Waals surface area contributed by atoms with Gasteiger partial charge in [-0.25, -0.2) is 0 Å². The second-order valence-electron chi connectivity index (χ2n) is 7.13. The maximum absolute atomic E-state index is 12.2. The Morgan fingerprint density at radius 3 is 2.74 bits per heavy atom. The summed E-state index contributed by atoms with van der Waals surface area (Å²) in [6.45, 7) is 6.78. The monoisotopic (exact) mass is 264 g/mol. The van der Waals surface area contributed by atoms with Crippen molar-refractivity contribution in [3.63, 3.8) is 0 Å². The summed E-state index contributed by atoms with van der Waals surface area (Å²) in [6, 6.07) is 0. The molecule has 0 aromatic rings. The molecule has 1 N–H and O–H groups in total. The number of fused-ring (bicyclic) bond motifs is 2. The number of ketones is 1. The van der Waals surface area contributed by atoms with Crippen LogP contribution in [0.1, 0.15) is 33.6 Å². The summed E-state index contributed by atoms with van der Waals surface area (Å²) in [5, 5.41) is 10.3. The molecule has 2 aliphatic heterocycles. The fraction of sp³-hybridized carbons (Fsp3) is 0.800. The zero-order valence-electron chi connectivity index (χ0n) is 11.6. The van der Waals surface area contributed by atoms with Crippen LogP contribution in [0.2, 0.25) is 0 Å². The minimum absolute atomic E-state index is 0.0906. The van der Waals surface area contributed by atoms with Crippen molar-refractivity contribution in [1.82, 2.24) is 0 Å². The van der Waals surface area contributed by atoms with Gasteiger partial charge in [0.25, 0.3) is 0 Å². The first-order valence-corrected chi connectivity index (χ1v) is 7.03. The van der Waals surface area contributed by atoms with Gasteiger partial charge in [-0.05, 0) is 25.0 Å². The predicted octanol–water partition coefficient (Wildman–Crippen LogP) is 1.22. The van der Waals surface area contributed by atoms with E-state index in [0.29, 0.717) is 19.4 Å². The summed E-state index contributed by atoms with van der Waals surface area (Å²) < 4.78 is 11.9. The van der Waals surface area contributed by atoms with Gasteiger partial charge in [-0.1, -0.05) is 13.8 Å². The van der Waals surface area contributed by atoms with Crippen molar-refractivity contribution in [2.75, 3.05) is 6.61 Å². The van der Waals surface area contributed by atoms with Gasteiger partial charge in [0.2, 0.25) is 0 Å². The Kier molecular flexibility index (Phi) is 1.99. The molecule has 2 heterocycles. The molecule has 2 bridgehead atoms. The number of ether oxygens (including phenoxy) is 2. The van der Waals surface area contributed by atoms with E-state index >= 15 is 0 Å². The first kappa shape index (κ1) is 12.1. The molecule has 0 unspecified atom stereocenters. The van der Waals surface area contributed by atoms with Crippen molar-refractivity contribution >= 4 is 5.78 Å². The minimum Gasteiger partial charge on any atom is -0.390 e. The SMILES string of the molecule is CC1=C[C@H]2O[C@@H]3[C@H](O)C[C@](C)([C@@]2(C)CC1=O)[C@]31CO1. The molecule has 0 aromatic carbocycles. The van der Waals surface area contributed by atoms with Gasteiger partial charge >= 0.3 is 0 Å². The van der Waals surface area contributed by atoms with Crippen molar-refractivity contribution in [2.45, 2.75) is 57.5 Å². The highest BCUT2D eigenvalue weighted by Crippen LogP contribution is 2.70. The molecule has 104 valence electrons. The molecule has 4 nitrogen and oxygen atoms in total. The van der Waals surface area contributed by atoms with Crippen LogP contribution in [-0.4, -0.2) is 41.4 Å². The molecule has 2 aliphatic carbocycles. The van der Waals surface area contributed by atoms with Crippen LogP contribution >= 0.6 is 0 Å². The van der Waals surface area contributed by atoms with Crippen LogP contribution in [0.25, 0.3) is 0 Å². The molecule has 1 spiro atoms. The Labute approximate surface area is 112 Å². The van der Waals surface area contributed by atoms with Gasteiger partial charge in [0.15, 0.2) is 5.78 Å². The quantitative estimate of drug-likeness (QED) is 0.668. The molecule has 6 atom stereocenters. The van der Waals surface area contributed by atoms with E-state index in [1.807, 2.05) is 13.0 Å². The average molecular weight is 264 g/mol. The van der Waals surface area contributed by atoms with Crippen LogP contribution in [0.3, 0.4) is 0 Å². The van der Waals surface area contributed by atoms with E-state index in [1.165, 1.54) is 0 Å². The normalized spacial score (nSPS) is 59.1. The molecule has 1 saturated carbocycles. The lowest BCUT2D eigenvalue weighted by Crippen LogP contribution is -2.62. The van der Waals surface area contributed by atoms with Gasteiger partial charge < -0.3 is 14.6 Å². The summed E-state index contributed by atoms with van der Waals surface area (Å²) in [5.74, 6) is 0.194. The predicted molar refractivity (Wildman–Crippen MR) is 67.6 cm³/mol. The van der Waals surface area contributed by atoms with Crippen molar-refractivity contribution in [1.29, 1.82) is 0 Å². The highest BCUT2D eigenvalue weighted by molar-refractivity contribution is 5.96. The lowest BCUT2D eigenvalue weighted by atomic mass is 9.52. The largest absolute Gasteiger partial charge is 0.390 e. The minimum atomic E-state index is -0.487. The Bertz CT molecular complexity index is 506. The van der Waals surface area contributed by atoms with Crippen molar-refractivity contribution in [3.8, 4) is 0 Å². The molecule has 3 fully saturated rings. The number of hydrogen-bond acceptors (Lipinski definition) is 4. The number of aliphatic hydroxyl groups is 1. The Balaban J connectivity index is 1.88. The van der Waals surface area contributed by atoms with Crippen LogP contribution in [0.15, 0.2) is 11.6 Å². The maximum Gasteiger partial charge on any atom is 0.159 e. The number of hydrogen-bond donors (Lipinski definition) is 1. The number of epoxide rings is 1. The van der Waals surface area contributed by atoms with E-state index < -0.39 is 6.10 Å². The van der Waals surface area contributed by atoms with Crippen LogP contribution < -0.4 is 0 Å². The maximum atomic E-state index is 12.2. The molecule has 4 rings (SSSR count). The lowest BCUT2D eigenvalue weighted by molar-refractivity contribution is -0.197. The zero-order chi connectivity index (χ0) is 13.6. The zero-order valence-corrected chi connectivity index (χ0v) is 11.6. The Morgan fingerprint density at radius 1 is 1.42 bits per heavy atom. The third-order valence-electron chi connectivity index (χ3n) is 6.37. The van der Waals surface area contributed by atoms with Gasteiger partial charge in [-0.15, -0.1) is 0 Å². The Morgan fingerprint density at radius 2 is 2.11 bits per heavy atom. The third kappa shape index (κ3) is 1.11. The number of allylic oxidation sites excluding steroid dienone is 1. The first-order chi connectivity index (χ1) is 8.84. The van der Waals surface area contributed by atoms with E-state index in [9.17, 15) is 9.90 Å². The highest BCUT2D eigenvalue weighted by Gasteiger charge is 2.80. The van der Waals surface area contributed by atoms with Crippen LogP contribution in [-0.2, 0) is 14.3 Å². The van der Waals surface area contributed by atoms with Crippen molar-refractivity contribution < 1.29 is 19.4 Å². The van der Waals surface area contributed by atoms with E-state index in [2.05, 4.69) is 13.8 Å². The Hall–Kier alpha value is -0.710. The van der Waals surface area contributed by atoms with Crippen LogP contribution in [0.4, 0.5) is 0 Å². The van der Waals surface area contributed by atoms with E-state index in [0.717, 1.165) is 5.57 Å². The molecule has 19 heavy (non-hydrogen) atoms. The molecule has 0 aromatic heterocycles. The van der Waals surface area contributed by atoms with Crippen molar-refractivity contribution in [3.05, 3.63) is 11.6 Å². The second kappa shape index (κ2) is 3.13. The number of carbonyl (C=O) groups is 1. The van der Waals surface area contributed by atoms with Gasteiger partial charge in [0.05, 0.1) is 18.8 Å². The van der Waals surface area contributed by atoms with Crippen LogP contribution in [0, 0.1) is 10.8 Å². The van der Waals surface area contributed by atoms with Gasteiger partial charge in [-0.2, -0.15) is 0 Å². The molecule has 0 radical (unpaired) electrons. The summed E-state index contributed by atoms with van der Waals surface area (Å²) in [7, 11) is 0. The van der Waals surface area contributed by atoms with E-state index in [-0.39, 0.29) is 34.4 Å². The van der Waals surface area contributed by atoms with Crippen LogP contribution in [0.5, 0.6) is 0 Å². The number of aliphatic hydroxyl groups excluding tert-OH is 1. The second-order valence-corrected chi connectivity index (χ2v) is 7.13. The van der Waals surface area contributed by atoms with Gasteiger partial charge in [-0.3, -0.25) is 4.79 Å². The van der Waals surface area contributed by atoms with E-state index in [4.69, 9.17) is 9.47 Å². The summed E-state index contributed by atoms with van der Waals surface area (Å²) in [6.07, 6.45) is 2.27. The lowest BCUT2D eigenvalue weighted by Gasteiger charge is -2.55. The molecule has 4 aliphatic rings. The first-order valence-electron chi connectivity index (χ1n) is 7.03. The molecular formula is C15H20O4. The summed E-state index contributed by atoms with van der Waals surface area (Å²) >= 11 is 0. The van der Waals surface area contributed by atoms with E-state index in [1.54, 1.807) is 0 Å².